The number of halogens is 1. The van der Waals surface area contributed by atoms with E-state index in [0.717, 1.165) is 25.2 Å². The average molecular weight is 508 g/mol. The molecule has 33 heavy (non-hydrogen) atoms. The van der Waals surface area contributed by atoms with Crippen LogP contribution in [-0.4, -0.2) is 51.9 Å². The number of anilines is 4. The van der Waals surface area contributed by atoms with Crippen LogP contribution in [0.25, 0.3) is 0 Å². The van der Waals surface area contributed by atoms with Gasteiger partial charge in [-0.25, -0.2) is 4.98 Å². The first kappa shape index (κ1) is 21.4. The van der Waals surface area contributed by atoms with Crippen molar-refractivity contribution in [2.24, 2.45) is 5.73 Å². The fraction of sp³-hybridized carbons (Fsp3) is 0.217. The quantitative estimate of drug-likeness (QED) is 0.404. The Morgan fingerprint density at radius 2 is 1.76 bits per heavy atom. The second-order valence-electron chi connectivity index (χ2n) is 8.13. The van der Waals surface area contributed by atoms with Gasteiger partial charge in [0.15, 0.2) is 0 Å². The van der Waals surface area contributed by atoms with Gasteiger partial charge in [-0.2, -0.15) is 4.98 Å². The van der Waals surface area contributed by atoms with Gasteiger partial charge in [-0.1, -0.05) is 12.1 Å². The maximum atomic E-state index is 12.8. The van der Waals surface area contributed by atoms with Crippen LogP contribution < -0.4 is 21.7 Å². The Labute approximate surface area is 198 Å². The molecule has 4 heterocycles. The largest absolute Gasteiger partial charge is 0.366 e. The molecule has 2 atom stereocenters. The predicted molar refractivity (Wildman–Crippen MR) is 129 cm³/mol. The lowest BCUT2D eigenvalue weighted by molar-refractivity contribution is 0.0474. The summed E-state index contributed by atoms with van der Waals surface area (Å²) in [6.07, 6.45) is 2.77. The summed E-state index contributed by atoms with van der Waals surface area (Å²) in [6.45, 7) is 1.52. The molecule has 3 aromatic rings. The van der Waals surface area contributed by atoms with Crippen LogP contribution in [0.5, 0.6) is 0 Å². The number of fused-ring (bicyclic) bond motifs is 2. The topological polar surface area (TPSA) is 125 Å². The van der Waals surface area contributed by atoms with Gasteiger partial charge in [-0.05, 0) is 58.7 Å². The predicted octanol–water partition coefficient (Wildman–Crippen LogP) is 3.01. The first-order valence-corrected chi connectivity index (χ1v) is 11.4. The number of nitrogens with zero attached hydrogens (tertiary/aromatic N) is 3. The number of carbonyl (C=O) groups is 2. The van der Waals surface area contributed by atoms with Crippen molar-refractivity contribution in [3.63, 3.8) is 0 Å². The lowest BCUT2D eigenvalue weighted by Crippen LogP contribution is -2.67. The first-order valence-electron chi connectivity index (χ1n) is 10.6. The van der Waals surface area contributed by atoms with Gasteiger partial charge in [0.1, 0.15) is 5.82 Å². The van der Waals surface area contributed by atoms with Gasteiger partial charge in [-0.15, -0.1) is 0 Å². The molecule has 2 amide bonds. The van der Waals surface area contributed by atoms with Gasteiger partial charge in [0, 0.05) is 42.6 Å². The third-order valence-corrected chi connectivity index (χ3v) is 6.37. The number of aromatic nitrogens is 2. The second-order valence-corrected chi connectivity index (χ2v) is 8.99. The molecule has 5 N–H and O–H groups in total. The van der Waals surface area contributed by atoms with E-state index < -0.39 is 5.91 Å². The van der Waals surface area contributed by atoms with E-state index >= 15 is 0 Å². The van der Waals surface area contributed by atoms with Crippen LogP contribution in [0.3, 0.4) is 0 Å². The van der Waals surface area contributed by atoms with Crippen LogP contribution in [0.15, 0.2) is 59.2 Å². The summed E-state index contributed by atoms with van der Waals surface area (Å²) in [5, 5.41) is 9.70. The monoisotopic (exact) mass is 507 g/mol. The number of benzene rings is 2. The minimum Gasteiger partial charge on any atom is -0.366 e. The molecule has 0 spiro atoms. The average Bonchev–Trinajstić information content (AvgIpc) is 2.81. The maximum Gasteiger partial charge on any atom is 0.253 e. The summed E-state index contributed by atoms with van der Waals surface area (Å²) < 4.78 is 0.627. The van der Waals surface area contributed by atoms with E-state index in [1.807, 2.05) is 17.0 Å². The zero-order valence-corrected chi connectivity index (χ0v) is 19.2. The molecule has 2 unspecified atom stereocenters. The number of nitrogens with one attached hydrogen (secondary N) is 3. The van der Waals surface area contributed by atoms with Crippen molar-refractivity contribution in [2.75, 3.05) is 23.7 Å². The number of rotatable bonds is 6. The molecule has 9 nitrogen and oxygen atoms in total. The second kappa shape index (κ2) is 8.80. The lowest BCUT2D eigenvalue weighted by Gasteiger charge is -2.48. The van der Waals surface area contributed by atoms with Crippen molar-refractivity contribution in [1.82, 2.24) is 20.2 Å². The molecule has 10 heteroatoms. The lowest BCUT2D eigenvalue weighted by atomic mass is 9.91. The number of primary amides is 1. The zero-order chi connectivity index (χ0) is 22.9. The Kier molecular flexibility index (Phi) is 5.69. The molecular formula is C23H22BrN7O2. The van der Waals surface area contributed by atoms with Crippen LogP contribution >= 0.6 is 15.9 Å². The number of hydrogen-bond acceptors (Lipinski definition) is 7. The van der Waals surface area contributed by atoms with Crippen molar-refractivity contribution in [1.29, 1.82) is 0 Å². The molecule has 1 aromatic heterocycles. The molecule has 0 radical (unpaired) electrons. The molecule has 3 aliphatic rings. The van der Waals surface area contributed by atoms with E-state index in [0.29, 0.717) is 45.1 Å². The minimum absolute atomic E-state index is 0.0530. The van der Waals surface area contributed by atoms with E-state index in [1.54, 1.807) is 42.6 Å². The van der Waals surface area contributed by atoms with Crippen LogP contribution in [0.4, 0.5) is 23.1 Å². The summed E-state index contributed by atoms with van der Waals surface area (Å²) >= 11 is 3.43. The Morgan fingerprint density at radius 3 is 2.45 bits per heavy atom. The highest BCUT2D eigenvalue weighted by Crippen LogP contribution is 2.27. The Morgan fingerprint density at radius 1 is 1.06 bits per heavy atom. The molecule has 2 bridgehead atoms. The number of carbonyl (C=O) groups excluding carboxylic acids is 2. The van der Waals surface area contributed by atoms with E-state index in [1.165, 1.54) is 0 Å². The van der Waals surface area contributed by atoms with Crippen LogP contribution in [-0.2, 0) is 0 Å². The molecule has 3 fully saturated rings. The van der Waals surface area contributed by atoms with Crippen molar-refractivity contribution in [3.05, 3.63) is 70.3 Å². The summed E-state index contributed by atoms with van der Waals surface area (Å²) in [7, 11) is 0. The highest BCUT2D eigenvalue weighted by atomic mass is 79.9. The molecule has 6 rings (SSSR count). The third-order valence-electron chi connectivity index (χ3n) is 5.79. The van der Waals surface area contributed by atoms with E-state index in [9.17, 15) is 9.59 Å². The number of nitrogens with two attached hydrogens (primary N) is 1. The molecule has 0 saturated carbocycles. The Balaban J connectivity index is 1.29. The highest BCUT2D eigenvalue weighted by molar-refractivity contribution is 9.10. The number of piperidine rings is 1. The summed E-state index contributed by atoms with van der Waals surface area (Å²) in [6, 6.07) is 15.1. The highest BCUT2D eigenvalue weighted by Gasteiger charge is 2.38. The van der Waals surface area contributed by atoms with Gasteiger partial charge in [0.05, 0.1) is 15.7 Å². The van der Waals surface area contributed by atoms with Crippen LogP contribution in [0.1, 0.15) is 27.1 Å². The fourth-order valence-electron chi connectivity index (χ4n) is 4.14. The van der Waals surface area contributed by atoms with Gasteiger partial charge in [0.25, 0.3) is 11.8 Å². The number of amides is 2. The van der Waals surface area contributed by atoms with Crippen molar-refractivity contribution < 1.29 is 9.59 Å². The molecule has 168 valence electrons. The van der Waals surface area contributed by atoms with Gasteiger partial charge in [0.2, 0.25) is 5.95 Å². The standard InChI is InChI=1S/C23H22BrN7O2/c24-18-10-26-23(30-21(18)29-19-4-2-1-3-17(19)20(25)32)28-14-7-5-13(6-8-14)22(33)31-11-15-9-16(12-31)27-15/h1-8,10,15-16,27H,9,11-12H2,(H2,25,32)(H2,26,28,29,30). The molecule has 3 saturated heterocycles. The maximum absolute atomic E-state index is 12.8. The zero-order valence-electron chi connectivity index (χ0n) is 17.6. The number of para-hydroxylation sites is 1. The smallest absolute Gasteiger partial charge is 0.253 e. The van der Waals surface area contributed by atoms with E-state index in [2.05, 4.69) is 41.8 Å². The summed E-state index contributed by atoms with van der Waals surface area (Å²) in [5.41, 5.74) is 7.78. The van der Waals surface area contributed by atoms with E-state index in [-0.39, 0.29) is 5.91 Å². The first-order chi connectivity index (χ1) is 16.0. The Hall–Kier alpha value is -3.50. The molecule has 3 aliphatic heterocycles. The summed E-state index contributed by atoms with van der Waals surface area (Å²) in [4.78, 5) is 35.2. The van der Waals surface area contributed by atoms with Gasteiger partial charge < -0.3 is 26.6 Å². The minimum atomic E-state index is -0.533. The van der Waals surface area contributed by atoms with Crippen molar-refractivity contribution >= 4 is 50.9 Å². The SMILES string of the molecule is NC(=O)c1ccccc1Nc1nc(Nc2ccc(C(=O)N3CC4CC(C3)N4)cc2)ncc1Br. The van der Waals surface area contributed by atoms with Crippen molar-refractivity contribution in [3.8, 4) is 0 Å². The van der Waals surface area contributed by atoms with Crippen molar-refractivity contribution in [2.45, 2.75) is 18.5 Å². The molecule has 2 aromatic carbocycles. The third kappa shape index (κ3) is 4.53. The fourth-order valence-corrected chi connectivity index (χ4v) is 4.43. The Bertz CT molecular complexity index is 1200. The molecule has 0 aliphatic carbocycles. The normalized spacial score (nSPS) is 18.9. The molecular weight excluding hydrogens is 486 g/mol. The number of piperazine rings is 1. The van der Waals surface area contributed by atoms with Crippen LogP contribution in [0, 0.1) is 0 Å². The summed E-state index contributed by atoms with van der Waals surface area (Å²) in [5.74, 6) is 0.357. The van der Waals surface area contributed by atoms with Gasteiger partial charge in [-0.3, -0.25) is 9.59 Å². The van der Waals surface area contributed by atoms with E-state index in [4.69, 9.17) is 5.73 Å². The van der Waals surface area contributed by atoms with Gasteiger partial charge >= 0.3 is 0 Å². The van der Waals surface area contributed by atoms with Crippen LogP contribution in [0.2, 0.25) is 0 Å². The number of hydrogen-bond donors (Lipinski definition) is 4.